The Balaban J connectivity index is 2.54. The quantitative estimate of drug-likeness (QED) is 0.607. The van der Waals surface area contributed by atoms with Crippen molar-refractivity contribution in [2.75, 3.05) is 20.1 Å². The third kappa shape index (κ3) is 4.89. The van der Waals surface area contributed by atoms with E-state index in [0.29, 0.717) is 6.54 Å². The van der Waals surface area contributed by atoms with Crippen LogP contribution in [0.5, 0.6) is 0 Å². The van der Waals surface area contributed by atoms with Gasteiger partial charge in [0.15, 0.2) is 5.96 Å². The van der Waals surface area contributed by atoms with Gasteiger partial charge >= 0.3 is 0 Å². The average molecular weight is 238 g/mol. The highest BCUT2D eigenvalue weighted by atomic mass is 16.5. The summed E-state index contributed by atoms with van der Waals surface area (Å²) in [4.78, 5) is 6.66. The summed E-state index contributed by atoms with van der Waals surface area (Å²) in [5.74, 6) is 0.920. The first-order chi connectivity index (χ1) is 8.27. The Morgan fingerprint density at radius 2 is 2.35 bits per heavy atom. The lowest BCUT2D eigenvalue weighted by atomic mass is 10.3. The summed E-state index contributed by atoms with van der Waals surface area (Å²) in [7, 11) is 2.06. The molecule has 0 amide bonds. The molecular weight excluding hydrogens is 216 g/mol. The number of aromatic nitrogens is 1. The van der Waals surface area contributed by atoms with Crippen molar-refractivity contribution >= 4 is 5.96 Å². The SMILES string of the molecule is CCCCN(C)C(=NCc1ccon1)NCC. The predicted octanol–water partition coefficient (Wildman–Crippen LogP) is 1.87. The van der Waals surface area contributed by atoms with Gasteiger partial charge in [-0.1, -0.05) is 18.5 Å². The van der Waals surface area contributed by atoms with Gasteiger partial charge in [-0.3, -0.25) is 0 Å². The third-order valence-electron chi connectivity index (χ3n) is 2.43. The molecule has 5 heteroatoms. The van der Waals surface area contributed by atoms with E-state index in [1.807, 2.05) is 6.07 Å². The van der Waals surface area contributed by atoms with Crippen molar-refractivity contribution in [1.82, 2.24) is 15.4 Å². The number of hydrogen-bond donors (Lipinski definition) is 1. The average Bonchev–Trinajstić information content (AvgIpc) is 2.84. The Morgan fingerprint density at radius 3 is 2.94 bits per heavy atom. The Morgan fingerprint density at radius 1 is 1.53 bits per heavy atom. The van der Waals surface area contributed by atoms with E-state index in [2.05, 4.69) is 41.3 Å². The van der Waals surface area contributed by atoms with Gasteiger partial charge in [0, 0.05) is 26.2 Å². The number of nitrogens with zero attached hydrogens (tertiary/aromatic N) is 3. The second-order valence-electron chi connectivity index (χ2n) is 3.94. The van der Waals surface area contributed by atoms with Crippen molar-refractivity contribution in [3.63, 3.8) is 0 Å². The number of guanidine groups is 1. The van der Waals surface area contributed by atoms with Gasteiger partial charge < -0.3 is 14.7 Å². The zero-order chi connectivity index (χ0) is 12.5. The maximum Gasteiger partial charge on any atom is 0.194 e. The largest absolute Gasteiger partial charge is 0.364 e. The van der Waals surface area contributed by atoms with E-state index in [1.165, 1.54) is 12.8 Å². The van der Waals surface area contributed by atoms with E-state index in [1.54, 1.807) is 6.26 Å². The van der Waals surface area contributed by atoms with Crippen LogP contribution in [0.15, 0.2) is 21.8 Å². The highest BCUT2D eigenvalue weighted by Crippen LogP contribution is 1.99. The van der Waals surface area contributed by atoms with Crippen LogP contribution in [0.3, 0.4) is 0 Å². The lowest BCUT2D eigenvalue weighted by Crippen LogP contribution is -2.39. The summed E-state index contributed by atoms with van der Waals surface area (Å²) in [6, 6.07) is 1.83. The van der Waals surface area contributed by atoms with Gasteiger partial charge in [0.05, 0.1) is 6.54 Å². The van der Waals surface area contributed by atoms with E-state index in [-0.39, 0.29) is 0 Å². The van der Waals surface area contributed by atoms with Gasteiger partial charge in [-0.2, -0.15) is 0 Å². The number of aliphatic imine (C=N–C) groups is 1. The summed E-state index contributed by atoms with van der Waals surface area (Å²) >= 11 is 0. The fraction of sp³-hybridized carbons (Fsp3) is 0.667. The molecule has 0 aromatic carbocycles. The molecule has 1 aromatic rings. The maximum absolute atomic E-state index is 4.78. The predicted molar refractivity (Wildman–Crippen MR) is 68.9 cm³/mol. The van der Waals surface area contributed by atoms with E-state index in [9.17, 15) is 0 Å². The molecule has 0 aliphatic heterocycles. The van der Waals surface area contributed by atoms with Gasteiger partial charge in [-0.15, -0.1) is 0 Å². The fourth-order valence-electron chi connectivity index (χ4n) is 1.45. The lowest BCUT2D eigenvalue weighted by Gasteiger charge is -2.21. The molecule has 0 saturated carbocycles. The molecule has 0 spiro atoms. The third-order valence-corrected chi connectivity index (χ3v) is 2.43. The minimum Gasteiger partial charge on any atom is -0.364 e. The zero-order valence-electron chi connectivity index (χ0n) is 10.9. The molecule has 0 bridgehead atoms. The number of unbranched alkanes of at least 4 members (excludes halogenated alkanes) is 1. The lowest BCUT2D eigenvalue weighted by molar-refractivity contribution is 0.411. The van der Waals surface area contributed by atoms with Crippen LogP contribution in [-0.2, 0) is 6.54 Å². The minimum absolute atomic E-state index is 0.551. The van der Waals surface area contributed by atoms with Crippen LogP contribution in [0.25, 0.3) is 0 Å². The summed E-state index contributed by atoms with van der Waals surface area (Å²) in [6.45, 7) is 6.69. The van der Waals surface area contributed by atoms with Gasteiger partial charge in [-0.05, 0) is 13.3 Å². The van der Waals surface area contributed by atoms with E-state index >= 15 is 0 Å². The first-order valence-corrected chi connectivity index (χ1v) is 6.16. The molecule has 0 aliphatic rings. The highest BCUT2D eigenvalue weighted by Gasteiger charge is 2.04. The standard InChI is InChI=1S/C12H22N4O/c1-4-6-8-16(3)12(13-5-2)14-10-11-7-9-17-15-11/h7,9H,4-6,8,10H2,1-3H3,(H,13,14). The molecule has 1 aromatic heterocycles. The summed E-state index contributed by atoms with van der Waals surface area (Å²) in [5, 5.41) is 7.11. The summed E-state index contributed by atoms with van der Waals surface area (Å²) in [5.41, 5.74) is 0.851. The number of nitrogens with one attached hydrogen (secondary N) is 1. The van der Waals surface area contributed by atoms with Gasteiger partial charge in [-0.25, -0.2) is 4.99 Å². The molecule has 17 heavy (non-hydrogen) atoms. The Bertz CT molecular complexity index is 321. The van der Waals surface area contributed by atoms with E-state index in [0.717, 1.165) is 24.7 Å². The second kappa shape index (κ2) is 7.70. The van der Waals surface area contributed by atoms with Crippen molar-refractivity contribution in [3.8, 4) is 0 Å². The molecule has 1 rings (SSSR count). The fourth-order valence-corrected chi connectivity index (χ4v) is 1.45. The molecule has 1 heterocycles. The summed E-state index contributed by atoms with van der Waals surface area (Å²) < 4.78 is 4.78. The normalized spacial score (nSPS) is 11.6. The Kier molecular flexibility index (Phi) is 6.14. The van der Waals surface area contributed by atoms with Gasteiger partial charge in [0.25, 0.3) is 0 Å². The summed E-state index contributed by atoms with van der Waals surface area (Å²) in [6.07, 6.45) is 3.93. The van der Waals surface area contributed by atoms with Crippen molar-refractivity contribution in [1.29, 1.82) is 0 Å². The van der Waals surface area contributed by atoms with E-state index in [4.69, 9.17) is 4.52 Å². The van der Waals surface area contributed by atoms with Gasteiger partial charge in [0.1, 0.15) is 12.0 Å². The second-order valence-corrected chi connectivity index (χ2v) is 3.94. The molecule has 0 atom stereocenters. The monoisotopic (exact) mass is 238 g/mol. The molecule has 0 radical (unpaired) electrons. The number of hydrogen-bond acceptors (Lipinski definition) is 3. The maximum atomic E-state index is 4.78. The molecule has 1 N–H and O–H groups in total. The van der Waals surface area contributed by atoms with Crippen molar-refractivity contribution < 1.29 is 4.52 Å². The highest BCUT2D eigenvalue weighted by molar-refractivity contribution is 5.79. The van der Waals surface area contributed by atoms with Crippen molar-refractivity contribution in [2.24, 2.45) is 4.99 Å². The first-order valence-electron chi connectivity index (χ1n) is 6.16. The number of rotatable bonds is 6. The van der Waals surface area contributed by atoms with Crippen LogP contribution >= 0.6 is 0 Å². The van der Waals surface area contributed by atoms with Crippen LogP contribution < -0.4 is 5.32 Å². The van der Waals surface area contributed by atoms with Crippen molar-refractivity contribution in [3.05, 3.63) is 18.0 Å². The molecule has 5 nitrogen and oxygen atoms in total. The van der Waals surface area contributed by atoms with Crippen LogP contribution in [0.4, 0.5) is 0 Å². The molecule has 0 aliphatic carbocycles. The van der Waals surface area contributed by atoms with Gasteiger partial charge in [0.2, 0.25) is 0 Å². The van der Waals surface area contributed by atoms with Crippen molar-refractivity contribution in [2.45, 2.75) is 33.2 Å². The van der Waals surface area contributed by atoms with Crippen LogP contribution in [0.2, 0.25) is 0 Å². The first kappa shape index (κ1) is 13.5. The topological polar surface area (TPSA) is 53.7 Å². The molecule has 96 valence electrons. The zero-order valence-corrected chi connectivity index (χ0v) is 10.9. The Hall–Kier alpha value is -1.52. The smallest absolute Gasteiger partial charge is 0.194 e. The molecular formula is C12H22N4O. The Labute approximate surface area is 103 Å². The van der Waals surface area contributed by atoms with Crippen LogP contribution in [-0.4, -0.2) is 36.2 Å². The van der Waals surface area contributed by atoms with E-state index < -0.39 is 0 Å². The molecule has 0 saturated heterocycles. The van der Waals surface area contributed by atoms with Crippen LogP contribution in [0.1, 0.15) is 32.4 Å². The molecule has 0 unspecified atom stereocenters. The molecule has 0 fully saturated rings. The minimum atomic E-state index is 0.551. The van der Waals surface area contributed by atoms with Crippen LogP contribution in [0, 0.1) is 0 Å².